The Labute approximate surface area is 508 Å². The van der Waals surface area contributed by atoms with Gasteiger partial charge in [-0.05, 0) is 96.3 Å². The molecule has 1 aliphatic heterocycles. The van der Waals surface area contributed by atoms with Crippen LogP contribution in [0, 0.1) is 0 Å². The van der Waals surface area contributed by atoms with Gasteiger partial charge < -0.3 is 39.0 Å². The number of carbonyl (C=O) groups is 4. The van der Waals surface area contributed by atoms with E-state index in [1.807, 2.05) is 0 Å². The lowest BCUT2D eigenvalue weighted by Gasteiger charge is -2.40. The Morgan fingerprint density at radius 2 is 0.687 bits per heavy atom. The summed E-state index contributed by atoms with van der Waals surface area (Å²) in [6.07, 6.45) is 59.5. The summed E-state index contributed by atoms with van der Waals surface area (Å²) < 4.78 is 28.6. The molecule has 0 aliphatic carbocycles. The minimum atomic E-state index is -1.90. The Bertz CT molecular complexity index is 1580. The molecule has 0 saturated carbocycles. The lowest BCUT2D eigenvalue weighted by Crippen LogP contribution is -2.61. The van der Waals surface area contributed by atoms with Crippen LogP contribution in [0.2, 0.25) is 0 Å². The summed E-state index contributed by atoms with van der Waals surface area (Å²) in [5.41, 5.74) is 0. The van der Waals surface area contributed by atoms with Crippen molar-refractivity contribution in [2.24, 2.45) is 0 Å². The summed E-state index contributed by atoms with van der Waals surface area (Å²) in [5, 5.41) is 31.6. The van der Waals surface area contributed by atoms with E-state index in [9.17, 15) is 34.5 Å². The maximum absolute atomic E-state index is 13.2. The molecule has 1 saturated heterocycles. The van der Waals surface area contributed by atoms with E-state index >= 15 is 0 Å². The van der Waals surface area contributed by atoms with Gasteiger partial charge in [-0.1, -0.05) is 263 Å². The van der Waals surface area contributed by atoms with Gasteiger partial charge in [-0.2, -0.15) is 0 Å². The van der Waals surface area contributed by atoms with E-state index < -0.39 is 67.3 Å². The molecule has 3 N–H and O–H groups in total. The molecule has 484 valence electrons. The predicted octanol–water partition coefficient (Wildman–Crippen LogP) is 19.1. The molecule has 1 heterocycles. The third-order valence-electron chi connectivity index (χ3n) is 16.2. The smallest absolute Gasteiger partial charge is 0.335 e. The molecule has 1 aliphatic rings. The summed E-state index contributed by atoms with van der Waals surface area (Å²) in [4.78, 5) is 51.4. The summed E-state index contributed by atoms with van der Waals surface area (Å²) in [7, 11) is 0. The summed E-state index contributed by atoms with van der Waals surface area (Å²) in [5.74, 6) is -3.10. The van der Waals surface area contributed by atoms with Crippen molar-refractivity contribution in [2.45, 2.75) is 379 Å². The Balaban J connectivity index is 2.63. The van der Waals surface area contributed by atoms with Crippen LogP contribution in [0.25, 0.3) is 0 Å². The number of carbonyl (C=O) groups excluding carboxylic acids is 3. The van der Waals surface area contributed by atoms with Gasteiger partial charge in [0.2, 0.25) is 0 Å². The molecule has 0 bridgehead atoms. The molecule has 1 fully saturated rings. The number of aliphatic hydroxyl groups is 2. The van der Waals surface area contributed by atoms with Crippen molar-refractivity contribution < 1.29 is 58.2 Å². The Hall–Kier alpha value is -3.06. The van der Waals surface area contributed by atoms with Crippen molar-refractivity contribution in [3.8, 4) is 0 Å². The molecule has 0 amide bonds. The van der Waals surface area contributed by atoms with Crippen LogP contribution in [0.1, 0.15) is 342 Å². The lowest BCUT2D eigenvalue weighted by molar-refractivity contribution is -0.301. The molecule has 0 radical (unpaired) electrons. The number of aliphatic carboxylic acids is 1. The molecular weight excluding hydrogens is 1040 g/mol. The number of aliphatic hydroxyl groups excluding tert-OH is 2. The third kappa shape index (κ3) is 48.7. The lowest BCUT2D eigenvalue weighted by atomic mass is 9.98. The number of unbranched alkanes of at least 4 members (excludes halogenated alkanes) is 41. The Kier molecular flexibility index (Phi) is 55.7. The van der Waals surface area contributed by atoms with Crippen molar-refractivity contribution in [1.29, 1.82) is 0 Å². The first kappa shape index (κ1) is 78.0. The third-order valence-corrected chi connectivity index (χ3v) is 16.2. The monoisotopic (exact) mass is 1170 g/mol. The fourth-order valence-electron chi connectivity index (χ4n) is 10.8. The van der Waals surface area contributed by atoms with E-state index in [1.54, 1.807) is 0 Å². The van der Waals surface area contributed by atoms with Gasteiger partial charge in [0, 0.05) is 19.3 Å². The second-order valence-corrected chi connectivity index (χ2v) is 24.2. The van der Waals surface area contributed by atoms with Gasteiger partial charge in [-0.25, -0.2) is 4.79 Å². The molecule has 83 heavy (non-hydrogen) atoms. The van der Waals surface area contributed by atoms with Gasteiger partial charge in [0.1, 0.15) is 18.8 Å². The Morgan fingerprint density at radius 3 is 1.02 bits per heavy atom. The van der Waals surface area contributed by atoms with Gasteiger partial charge >= 0.3 is 23.9 Å². The standard InChI is InChI=1S/C71H128O12/c1-4-7-10-13-16-19-22-25-28-31-32-35-36-39-42-45-48-51-54-57-63(72)79-60-62(81-64(73)58-55-52-49-46-43-40-37-33-29-26-23-20-17-14-11-8-5-2)61-80-71-69(67(76)66(75)68(83-71)70(77)78)82-65(74)59-56-53-50-47-44-41-38-34-30-27-24-21-18-15-12-9-6-3/h25-30,62,66-69,71,75-76H,4-24,31-61H2,1-3H3,(H,77,78)/b28-25-,29-26-,30-27-. The fourth-order valence-corrected chi connectivity index (χ4v) is 10.8. The first-order chi connectivity index (χ1) is 40.6. The van der Waals surface area contributed by atoms with E-state index in [1.165, 1.54) is 199 Å². The van der Waals surface area contributed by atoms with Gasteiger partial charge in [0.15, 0.2) is 24.6 Å². The van der Waals surface area contributed by atoms with Gasteiger partial charge in [-0.3, -0.25) is 14.4 Å². The molecule has 0 spiro atoms. The van der Waals surface area contributed by atoms with Crippen molar-refractivity contribution in [3.63, 3.8) is 0 Å². The first-order valence-electron chi connectivity index (χ1n) is 35.0. The maximum atomic E-state index is 13.2. The van der Waals surface area contributed by atoms with Crippen LogP contribution in [-0.4, -0.2) is 89.2 Å². The fraction of sp³-hybridized carbons (Fsp3) is 0.859. The highest BCUT2D eigenvalue weighted by Gasteiger charge is 2.50. The van der Waals surface area contributed by atoms with Gasteiger partial charge in [-0.15, -0.1) is 0 Å². The minimum Gasteiger partial charge on any atom is -0.479 e. The van der Waals surface area contributed by atoms with E-state index in [0.717, 1.165) is 83.5 Å². The largest absolute Gasteiger partial charge is 0.479 e. The van der Waals surface area contributed by atoms with Crippen LogP contribution in [0.5, 0.6) is 0 Å². The van der Waals surface area contributed by atoms with Crippen molar-refractivity contribution >= 4 is 23.9 Å². The summed E-state index contributed by atoms with van der Waals surface area (Å²) in [6.45, 7) is 6.04. The second-order valence-electron chi connectivity index (χ2n) is 24.2. The van der Waals surface area contributed by atoms with Gasteiger partial charge in [0.25, 0.3) is 0 Å². The number of carboxylic acids is 1. The van der Waals surface area contributed by atoms with E-state index in [2.05, 4.69) is 57.2 Å². The number of hydrogen-bond donors (Lipinski definition) is 3. The predicted molar refractivity (Wildman–Crippen MR) is 340 cm³/mol. The SMILES string of the molecule is CCCCCCCC/C=C\CCCCCCCCCCCC(=O)OCC(COC1OC(C(=O)O)C(O)C(O)C1OC(=O)CCCCCCCCC/C=C\CCCCCCCC)OC(=O)CCCCCCCCC/C=C\CCCCCCCC. The normalized spacial score (nSPS) is 17.7. The van der Waals surface area contributed by atoms with Crippen LogP contribution in [0.4, 0.5) is 0 Å². The number of esters is 3. The van der Waals surface area contributed by atoms with Crippen molar-refractivity contribution in [3.05, 3.63) is 36.5 Å². The average Bonchev–Trinajstić information content (AvgIpc) is 3.59. The van der Waals surface area contributed by atoms with Crippen LogP contribution in [0.3, 0.4) is 0 Å². The van der Waals surface area contributed by atoms with Crippen LogP contribution in [-0.2, 0) is 42.9 Å². The van der Waals surface area contributed by atoms with Crippen LogP contribution < -0.4 is 0 Å². The topological polar surface area (TPSA) is 175 Å². The van der Waals surface area contributed by atoms with Crippen LogP contribution >= 0.6 is 0 Å². The molecule has 0 aromatic rings. The molecule has 0 aromatic carbocycles. The van der Waals surface area contributed by atoms with Gasteiger partial charge in [0.05, 0.1) is 6.61 Å². The number of ether oxygens (including phenoxy) is 5. The summed E-state index contributed by atoms with van der Waals surface area (Å²) >= 11 is 0. The molecule has 0 aromatic heterocycles. The van der Waals surface area contributed by atoms with Crippen molar-refractivity contribution in [2.75, 3.05) is 13.2 Å². The number of allylic oxidation sites excluding steroid dienone is 6. The highest BCUT2D eigenvalue weighted by Crippen LogP contribution is 2.27. The highest BCUT2D eigenvalue weighted by atomic mass is 16.7. The quantitative estimate of drug-likeness (QED) is 0.0228. The van der Waals surface area contributed by atoms with E-state index in [4.69, 9.17) is 23.7 Å². The van der Waals surface area contributed by atoms with Crippen molar-refractivity contribution in [1.82, 2.24) is 0 Å². The molecule has 12 nitrogen and oxygen atoms in total. The molecule has 1 rings (SSSR count). The Morgan fingerprint density at radius 1 is 0.386 bits per heavy atom. The van der Waals surface area contributed by atoms with Crippen LogP contribution in [0.15, 0.2) is 36.5 Å². The molecule has 6 atom stereocenters. The zero-order valence-corrected chi connectivity index (χ0v) is 53.7. The summed E-state index contributed by atoms with van der Waals surface area (Å²) in [6, 6.07) is 0. The molecule has 12 heteroatoms. The first-order valence-corrected chi connectivity index (χ1v) is 35.0. The number of hydrogen-bond acceptors (Lipinski definition) is 11. The zero-order chi connectivity index (χ0) is 60.3. The zero-order valence-electron chi connectivity index (χ0n) is 53.7. The molecular formula is C71H128O12. The number of rotatable bonds is 61. The average molecular weight is 1170 g/mol. The second kappa shape index (κ2) is 59.3. The minimum absolute atomic E-state index is 0.0582. The maximum Gasteiger partial charge on any atom is 0.335 e. The number of carboxylic acid groups (broad SMARTS) is 1. The van der Waals surface area contributed by atoms with E-state index in [-0.39, 0.29) is 25.9 Å². The highest BCUT2D eigenvalue weighted by molar-refractivity contribution is 5.74. The van der Waals surface area contributed by atoms with E-state index in [0.29, 0.717) is 19.3 Å². The molecule has 6 unspecified atom stereocenters.